The first-order valence-electron chi connectivity index (χ1n) is 7.08. The van der Waals surface area contributed by atoms with Crippen molar-refractivity contribution in [1.29, 1.82) is 0 Å². The zero-order chi connectivity index (χ0) is 18.0. The third-order valence-electron chi connectivity index (χ3n) is 3.29. The molecule has 0 saturated carbocycles. The summed E-state index contributed by atoms with van der Waals surface area (Å²) in [6, 6.07) is 8.26. The maximum Gasteiger partial charge on any atom is 0.329 e. The lowest BCUT2D eigenvalue weighted by Crippen LogP contribution is -2.38. The number of anilines is 1. The average molecular weight is 380 g/mol. The van der Waals surface area contributed by atoms with Crippen molar-refractivity contribution in [2.75, 3.05) is 11.9 Å². The molecule has 0 radical (unpaired) electrons. The summed E-state index contributed by atoms with van der Waals surface area (Å²) in [4.78, 5) is 37.6. The van der Waals surface area contributed by atoms with Crippen molar-refractivity contribution in [2.45, 2.75) is 0 Å². The van der Waals surface area contributed by atoms with E-state index < -0.39 is 30.2 Å². The van der Waals surface area contributed by atoms with Crippen molar-refractivity contribution < 1.29 is 18.8 Å². The van der Waals surface area contributed by atoms with Crippen LogP contribution in [-0.2, 0) is 9.59 Å². The van der Waals surface area contributed by atoms with Gasteiger partial charge in [0.15, 0.2) is 0 Å². The van der Waals surface area contributed by atoms with Gasteiger partial charge in [-0.1, -0.05) is 23.7 Å². The molecule has 2 heterocycles. The molecule has 2 N–H and O–H groups in total. The summed E-state index contributed by atoms with van der Waals surface area (Å²) in [5.74, 6) is -1.93. The number of urea groups is 1. The minimum atomic E-state index is -0.720. The van der Waals surface area contributed by atoms with E-state index in [0.29, 0.717) is 9.21 Å². The molecular weight excluding hydrogens is 369 g/mol. The molecule has 4 amide bonds. The Bertz CT molecular complexity index is 896. The van der Waals surface area contributed by atoms with E-state index in [1.165, 1.54) is 35.6 Å². The van der Waals surface area contributed by atoms with Crippen molar-refractivity contribution in [2.24, 2.45) is 0 Å². The molecule has 25 heavy (non-hydrogen) atoms. The minimum absolute atomic E-state index is 0.0245. The van der Waals surface area contributed by atoms with Crippen LogP contribution in [0, 0.1) is 5.82 Å². The summed E-state index contributed by atoms with van der Waals surface area (Å²) in [6.45, 7) is -0.526. The molecule has 1 saturated heterocycles. The van der Waals surface area contributed by atoms with E-state index in [1.807, 2.05) is 0 Å². The number of halogens is 2. The molecule has 1 aliphatic heterocycles. The lowest BCUT2D eigenvalue weighted by atomic mass is 10.3. The number of nitrogens with one attached hydrogen (secondary N) is 2. The number of carbonyl (C=O) groups excluding carboxylic acids is 3. The Hall–Kier alpha value is -2.71. The number of imide groups is 1. The van der Waals surface area contributed by atoms with Crippen LogP contribution in [0.1, 0.15) is 4.88 Å². The van der Waals surface area contributed by atoms with Gasteiger partial charge in [-0.3, -0.25) is 9.59 Å². The molecule has 1 aliphatic rings. The summed E-state index contributed by atoms with van der Waals surface area (Å²) in [5, 5.41) is 4.72. The molecule has 1 aromatic heterocycles. The van der Waals surface area contributed by atoms with Crippen molar-refractivity contribution in [1.82, 2.24) is 10.2 Å². The summed E-state index contributed by atoms with van der Waals surface area (Å²) in [7, 11) is 0. The van der Waals surface area contributed by atoms with Crippen LogP contribution < -0.4 is 10.6 Å². The molecule has 6 nitrogen and oxygen atoms in total. The van der Waals surface area contributed by atoms with Crippen molar-refractivity contribution in [3.05, 3.63) is 57.1 Å². The van der Waals surface area contributed by atoms with Gasteiger partial charge >= 0.3 is 6.03 Å². The van der Waals surface area contributed by atoms with E-state index in [0.717, 1.165) is 4.90 Å². The summed E-state index contributed by atoms with van der Waals surface area (Å²) in [6.07, 6.45) is 1.48. The van der Waals surface area contributed by atoms with Gasteiger partial charge in [0, 0.05) is 4.88 Å². The van der Waals surface area contributed by atoms with Gasteiger partial charge in [-0.05, 0) is 30.3 Å². The number of nitrogens with zero attached hydrogens (tertiary/aromatic N) is 1. The lowest BCUT2D eigenvalue weighted by molar-refractivity contribution is -0.127. The van der Waals surface area contributed by atoms with Gasteiger partial charge in [-0.2, -0.15) is 0 Å². The number of para-hydroxylation sites is 1. The molecule has 9 heteroatoms. The standard InChI is InChI=1S/C16H11ClFN3O3S/c17-13-6-5-9(25-13)7-12-15(23)21(16(24)20-12)8-14(22)19-11-4-2-1-3-10(11)18/h1-7H,8H2,(H,19,22)(H,20,24)/b12-7+. The second kappa shape index (κ2) is 7.04. The highest BCUT2D eigenvalue weighted by molar-refractivity contribution is 7.17. The first-order valence-corrected chi connectivity index (χ1v) is 8.28. The number of hydrogen-bond donors (Lipinski definition) is 2. The SMILES string of the molecule is O=C(CN1C(=O)N/C(=C/c2ccc(Cl)s2)C1=O)Nc1ccccc1F. The quantitative estimate of drug-likeness (QED) is 0.633. The summed E-state index contributed by atoms with van der Waals surface area (Å²) >= 11 is 7.06. The van der Waals surface area contributed by atoms with Crippen molar-refractivity contribution in [3.8, 4) is 0 Å². The predicted octanol–water partition coefficient (Wildman–Crippen LogP) is 3.07. The smallest absolute Gasteiger partial charge is 0.322 e. The Balaban J connectivity index is 1.69. The molecule has 0 aliphatic carbocycles. The Morgan fingerprint density at radius 3 is 2.72 bits per heavy atom. The number of amides is 4. The van der Waals surface area contributed by atoms with Crippen LogP contribution in [0.5, 0.6) is 0 Å². The maximum atomic E-state index is 13.5. The number of rotatable bonds is 4. The Labute approximate surface area is 150 Å². The van der Waals surface area contributed by atoms with E-state index in [2.05, 4.69) is 10.6 Å². The third kappa shape index (κ3) is 3.86. The van der Waals surface area contributed by atoms with E-state index in [1.54, 1.807) is 18.2 Å². The molecule has 0 spiro atoms. The van der Waals surface area contributed by atoms with Crippen LogP contribution in [0.3, 0.4) is 0 Å². The Kier molecular flexibility index (Phi) is 4.82. The zero-order valence-corrected chi connectivity index (χ0v) is 14.2. The Morgan fingerprint density at radius 1 is 1.28 bits per heavy atom. The van der Waals surface area contributed by atoms with E-state index in [-0.39, 0.29) is 11.4 Å². The molecule has 1 aromatic carbocycles. The second-order valence-corrected chi connectivity index (χ2v) is 6.80. The molecule has 2 aromatic rings. The van der Waals surface area contributed by atoms with Gasteiger partial charge in [0.25, 0.3) is 5.91 Å². The topological polar surface area (TPSA) is 78.5 Å². The number of thiophene rings is 1. The van der Waals surface area contributed by atoms with Crippen LogP contribution in [0.25, 0.3) is 6.08 Å². The molecule has 0 atom stereocenters. The highest BCUT2D eigenvalue weighted by Crippen LogP contribution is 2.24. The normalized spacial score (nSPS) is 15.6. The summed E-state index contributed by atoms with van der Waals surface area (Å²) in [5.41, 5.74) is 0.0192. The number of benzene rings is 1. The molecular formula is C16H11ClFN3O3S. The first kappa shape index (κ1) is 17.1. The molecule has 1 fully saturated rings. The van der Waals surface area contributed by atoms with Gasteiger partial charge < -0.3 is 10.6 Å². The Morgan fingerprint density at radius 2 is 2.04 bits per heavy atom. The zero-order valence-electron chi connectivity index (χ0n) is 12.6. The van der Waals surface area contributed by atoms with E-state index in [4.69, 9.17) is 11.6 Å². The van der Waals surface area contributed by atoms with E-state index in [9.17, 15) is 18.8 Å². The van der Waals surface area contributed by atoms with Crippen LogP contribution in [0.15, 0.2) is 42.1 Å². The van der Waals surface area contributed by atoms with Crippen LogP contribution in [0.2, 0.25) is 4.34 Å². The number of hydrogen-bond acceptors (Lipinski definition) is 4. The van der Waals surface area contributed by atoms with Gasteiger partial charge in [0.2, 0.25) is 5.91 Å². The van der Waals surface area contributed by atoms with Gasteiger partial charge in [0.05, 0.1) is 10.0 Å². The van der Waals surface area contributed by atoms with Gasteiger partial charge in [0.1, 0.15) is 18.1 Å². The predicted molar refractivity (Wildman–Crippen MR) is 92.6 cm³/mol. The van der Waals surface area contributed by atoms with Crippen LogP contribution in [0.4, 0.5) is 14.9 Å². The fraction of sp³-hybridized carbons (Fsp3) is 0.0625. The van der Waals surface area contributed by atoms with E-state index >= 15 is 0 Å². The lowest BCUT2D eigenvalue weighted by Gasteiger charge is -2.12. The van der Waals surface area contributed by atoms with Crippen LogP contribution in [-0.4, -0.2) is 29.3 Å². The van der Waals surface area contributed by atoms with Crippen LogP contribution >= 0.6 is 22.9 Å². The average Bonchev–Trinajstić information content (AvgIpc) is 3.08. The fourth-order valence-electron chi connectivity index (χ4n) is 2.16. The molecule has 0 bridgehead atoms. The van der Waals surface area contributed by atoms with Crippen molar-refractivity contribution in [3.63, 3.8) is 0 Å². The molecule has 3 rings (SSSR count). The minimum Gasteiger partial charge on any atom is -0.322 e. The highest BCUT2D eigenvalue weighted by atomic mass is 35.5. The first-order chi connectivity index (χ1) is 11.9. The largest absolute Gasteiger partial charge is 0.329 e. The number of carbonyl (C=O) groups is 3. The summed E-state index contributed by atoms with van der Waals surface area (Å²) < 4.78 is 14.1. The van der Waals surface area contributed by atoms with Gasteiger partial charge in [-0.25, -0.2) is 14.1 Å². The maximum absolute atomic E-state index is 13.5. The highest BCUT2D eigenvalue weighted by Gasteiger charge is 2.35. The third-order valence-corrected chi connectivity index (χ3v) is 4.47. The second-order valence-electron chi connectivity index (χ2n) is 5.05. The molecule has 128 valence electrons. The fourth-order valence-corrected chi connectivity index (χ4v) is 3.16. The van der Waals surface area contributed by atoms with Gasteiger partial charge in [-0.15, -0.1) is 11.3 Å². The molecule has 0 unspecified atom stereocenters. The van der Waals surface area contributed by atoms with Crippen molar-refractivity contribution >= 4 is 52.5 Å². The monoisotopic (exact) mass is 379 g/mol.